The average Bonchev–Trinajstić information content (AvgIpc) is 2.81. The van der Waals surface area contributed by atoms with Crippen molar-refractivity contribution in [2.45, 2.75) is 10.6 Å². The molecule has 2 aromatic rings. The van der Waals surface area contributed by atoms with E-state index in [9.17, 15) is 9.00 Å². The molecule has 0 aliphatic heterocycles. The van der Waals surface area contributed by atoms with Crippen LogP contribution in [0.15, 0.2) is 44.4 Å². The zero-order chi connectivity index (χ0) is 13.1. The monoisotopic (exact) mass is 344 g/mol. The molecule has 1 aromatic heterocycles. The molecule has 0 radical (unpaired) electrons. The molecule has 0 amide bonds. The van der Waals surface area contributed by atoms with Gasteiger partial charge in [-0.2, -0.15) is 11.3 Å². The van der Waals surface area contributed by atoms with Crippen LogP contribution in [0.25, 0.3) is 0 Å². The first-order valence-electron chi connectivity index (χ1n) is 5.00. The highest BCUT2D eigenvalue weighted by Gasteiger charge is 2.16. The molecule has 0 saturated carbocycles. The smallest absolute Gasteiger partial charge is 0.336 e. The molecule has 3 nitrogen and oxygen atoms in total. The number of thiophene rings is 1. The Hall–Kier alpha value is -0.980. The highest BCUT2D eigenvalue weighted by molar-refractivity contribution is 9.10. The predicted octanol–water partition coefficient (Wildman–Crippen LogP) is 3.52. The number of benzene rings is 1. The molecular weight excluding hydrogens is 336 g/mol. The van der Waals surface area contributed by atoms with Crippen LogP contribution in [-0.2, 0) is 16.6 Å². The van der Waals surface area contributed by atoms with Gasteiger partial charge in [-0.05, 0) is 40.6 Å². The van der Waals surface area contributed by atoms with Crippen molar-refractivity contribution >= 4 is 44.0 Å². The topological polar surface area (TPSA) is 54.4 Å². The van der Waals surface area contributed by atoms with E-state index < -0.39 is 16.8 Å². The number of carbonyl (C=O) groups is 1. The summed E-state index contributed by atoms with van der Waals surface area (Å²) in [7, 11) is -1.36. The van der Waals surface area contributed by atoms with Crippen LogP contribution < -0.4 is 0 Å². The van der Waals surface area contributed by atoms with Gasteiger partial charge >= 0.3 is 5.97 Å². The standard InChI is InChI=1S/C12H9BrO3S2/c13-9-1-2-10(12(14)15)11(5-9)18(16)7-8-3-4-17-6-8/h1-6H,7H2,(H,14,15). The number of aromatic carboxylic acids is 1. The number of carboxylic acid groups (broad SMARTS) is 1. The van der Waals surface area contributed by atoms with Crippen molar-refractivity contribution in [1.82, 2.24) is 0 Å². The number of hydrogen-bond donors (Lipinski definition) is 1. The van der Waals surface area contributed by atoms with Crippen molar-refractivity contribution in [3.05, 3.63) is 50.6 Å². The maximum atomic E-state index is 12.2. The Balaban J connectivity index is 2.34. The lowest BCUT2D eigenvalue weighted by Gasteiger charge is -2.06. The molecule has 1 atom stereocenters. The lowest BCUT2D eigenvalue weighted by atomic mass is 10.2. The van der Waals surface area contributed by atoms with Gasteiger partial charge in [-0.25, -0.2) is 4.79 Å². The van der Waals surface area contributed by atoms with Crippen molar-refractivity contribution in [3.63, 3.8) is 0 Å². The van der Waals surface area contributed by atoms with Crippen LogP contribution in [0.5, 0.6) is 0 Å². The molecule has 1 N–H and O–H groups in total. The van der Waals surface area contributed by atoms with E-state index in [2.05, 4.69) is 15.9 Å². The number of carboxylic acids is 1. The second kappa shape index (κ2) is 5.77. The van der Waals surface area contributed by atoms with Gasteiger partial charge in [0.1, 0.15) is 0 Å². The van der Waals surface area contributed by atoms with Gasteiger partial charge in [-0.15, -0.1) is 0 Å². The van der Waals surface area contributed by atoms with Crippen LogP contribution in [0.4, 0.5) is 0 Å². The SMILES string of the molecule is O=C(O)c1ccc(Br)cc1S(=O)Cc1ccsc1. The van der Waals surface area contributed by atoms with Crippen molar-refractivity contribution in [1.29, 1.82) is 0 Å². The van der Waals surface area contributed by atoms with Crippen LogP contribution in [0.3, 0.4) is 0 Å². The van der Waals surface area contributed by atoms with Crippen LogP contribution in [0, 0.1) is 0 Å². The van der Waals surface area contributed by atoms with Gasteiger partial charge in [-0.1, -0.05) is 15.9 Å². The molecule has 0 saturated heterocycles. The van der Waals surface area contributed by atoms with E-state index in [0.717, 1.165) is 10.0 Å². The summed E-state index contributed by atoms with van der Waals surface area (Å²) in [5.41, 5.74) is 1.04. The van der Waals surface area contributed by atoms with Crippen LogP contribution >= 0.6 is 27.3 Å². The third kappa shape index (κ3) is 3.07. The first kappa shape index (κ1) is 13.5. The zero-order valence-corrected chi connectivity index (χ0v) is 12.3. The summed E-state index contributed by atoms with van der Waals surface area (Å²) in [5, 5.41) is 12.9. The third-order valence-corrected chi connectivity index (χ3v) is 4.95. The second-order valence-corrected chi connectivity index (χ2v) is 6.68. The largest absolute Gasteiger partial charge is 0.478 e. The molecular formula is C12H9BrO3S2. The Labute approximate surface area is 119 Å². The van der Waals surface area contributed by atoms with E-state index in [4.69, 9.17) is 5.11 Å². The predicted molar refractivity (Wildman–Crippen MR) is 75.5 cm³/mol. The molecule has 0 fully saturated rings. The van der Waals surface area contributed by atoms with Crippen molar-refractivity contribution in [3.8, 4) is 0 Å². The molecule has 6 heteroatoms. The summed E-state index contributed by atoms with van der Waals surface area (Å²) in [6.07, 6.45) is 0. The number of hydrogen-bond acceptors (Lipinski definition) is 3. The van der Waals surface area contributed by atoms with Gasteiger partial charge in [-0.3, -0.25) is 4.21 Å². The Morgan fingerprint density at radius 1 is 1.39 bits per heavy atom. The minimum Gasteiger partial charge on any atom is -0.478 e. The average molecular weight is 345 g/mol. The fourth-order valence-corrected chi connectivity index (χ4v) is 4.05. The molecule has 18 heavy (non-hydrogen) atoms. The third-order valence-electron chi connectivity index (χ3n) is 2.30. The summed E-state index contributed by atoms with van der Waals surface area (Å²) in [6.45, 7) is 0. The van der Waals surface area contributed by atoms with Crippen LogP contribution in [-0.4, -0.2) is 15.3 Å². The van der Waals surface area contributed by atoms with E-state index in [1.54, 1.807) is 12.1 Å². The fraction of sp³-hybridized carbons (Fsp3) is 0.0833. The Morgan fingerprint density at radius 2 is 2.17 bits per heavy atom. The highest BCUT2D eigenvalue weighted by Crippen LogP contribution is 2.22. The molecule has 0 aliphatic rings. The Bertz CT molecular complexity index is 593. The summed E-state index contributed by atoms with van der Waals surface area (Å²) in [6, 6.07) is 6.59. The van der Waals surface area contributed by atoms with E-state index >= 15 is 0 Å². The molecule has 1 unspecified atom stereocenters. The summed E-state index contributed by atoms with van der Waals surface area (Å²) in [4.78, 5) is 11.4. The summed E-state index contributed by atoms with van der Waals surface area (Å²) < 4.78 is 12.9. The molecule has 0 aliphatic carbocycles. The van der Waals surface area contributed by atoms with Crippen LogP contribution in [0.1, 0.15) is 15.9 Å². The van der Waals surface area contributed by atoms with Crippen molar-refractivity contribution in [2.24, 2.45) is 0 Å². The van der Waals surface area contributed by atoms with Gasteiger partial charge in [0.05, 0.1) is 27.0 Å². The first-order chi connectivity index (χ1) is 8.58. The lowest BCUT2D eigenvalue weighted by molar-refractivity contribution is 0.0693. The van der Waals surface area contributed by atoms with Gasteiger partial charge in [0.2, 0.25) is 0 Å². The molecule has 1 heterocycles. The van der Waals surface area contributed by atoms with E-state index in [1.807, 2.05) is 16.8 Å². The molecule has 1 aromatic carbocycles. The molecule has 0 spiro atoms. The van der Waals surface area contributed by atoms with Crippen molar-refractivity contribution < 1.29 is 14.1 Å². The highest BCUT2D eigenvalue weighted by atomic mass is 79.9. The van der Waals surface area contributed by atoms with Crippen LogP contribution in [0.2, 0.25) is 0 Å². The quantitative estimate of drug-likeness (QED) is 0.923. The summed E-state index contributed by atoms with van der Waals surface area (Å²) in [5.74, 6) is -0.726. The van der Waals surface area contributed by atoms with Crippen molar-refractivity contribution in [2.75, 3.05) is 0 Å². The van der Waals surface area contributed by atoms with Gasteiger partial charge < -0.3 is 5.11 Å². The normalized spacial score (nSPS) is 12.3. The van der Waals surface area contributed by atoms with E-state index in [-0.39, 0.29) is 5.56 Å². The maximum absolute atomic E-state index is 12.2. The number of rotatable bonds is 4. The lowest BCUT2D eigenvalue weighted by Crippen LogP contribution is -2.05. The zero-order valence-electron chi connectivity index (χ0n) is 9.13. The van der Waals surface area contributed by atoms with E-state index in [1.165, 1.54) is 17.4 Å². The van der Waals surface area contributed by atoms with Gasteiger partial charge in [0.15, 0.2) is 0 Å². The first-order valence-corrected chi connectivity index (χ1v) is 8.05. The van der Waals surface area contributed by atoms with E-state index in [0.29, 0.717) is 10.6 Å². The molecule has 0 bridgehead atoms. The summed E-state index contributed by atoms with van der Waals surface area (Å²) >= 11 is 4.80. The Kier molecular flexibility index (Phi) is 4.31. The molecule has 2 rings (SSSR count). The van der Waals surface area contributed by atoms with Gasteiger partial charge in [0.25, 0.3) is 0 Å². The minimum atomic E-state index is -1.36. The second-order valence-electron chi connectivity index (χ2n) is 3.57. The molecule has 94 valence electrons. The number of halogens is 1. The van der Waals surface area contributed by atoms with Gasteiger partial charge in [0, 0.05) is 4.47 Å². The minimum absolute atomic E-state index is 0.0896. The Morgan fingerprint density at radius 3 is 2.78 bits per heavy atom. The fourth-order valence-electron chi connectivity index (χ4n) is 1.47. The maximum Gasteiger partial charge on any atom is 0.336 e.